The number of rotatable bonds is 11. The van der Waals surface area contributed by atoms with E-state index in [9.17, 15) is 0 Å². The largest absolute Gasteiger partial charge is 0.127 e. The summed E-state index contributed by atoms with van der Waals surface area (Å²) >= 11 is 11.3. The SMILES string of the molecule is CCCCCCc1cc(Br)sc1-c1sc(Br)cc1CCCCCC. The molecule has 0 saturated carbocycles. The van der Waals surface area contributed by atoms with Gasteiger partial charge >= 0.3 is 0 Å². The fraction of sp³-hybridized carbons (Fsp3) is 0.600. The first kappa shape index (κ1) is 20.7. The molecule has 0 unspecified atom stereocenters. The summed E-state index contributed by atoms with van der Waals surface area (Å²) in [5.41, 5.74) is 3.07. The van der Waals surface area contributed by atoms with E-state index < -0.39 is 0 Å². The minimum absolute atomic E-state index is 1.21. The summed E-state index contributed by atoms with van der Waals surface area (Å²) in [4.78, 5) is 3.00. The van der Waals surface area contributed by atoms with E-state index in [2.05, 4.69) is 57.8 Å². The van der Waals surface area contributed by atoms with Gasteiger partial charge in [-0.05, 0) is 80.8 Å². The molecule has 0 fully saturated rings. The van der Waals surface area contributed by atoms with E-state index >= 15 is 0 Å². The highest BCUT2D eigenvalue weighted by molar-refractivity contribution is 9.11. The second-order valence-electron chi connectivity index (χ2n) is 6.43. The van der Waals surface area contributed by atoms with E-state index in [0.29, 0.717) is 0 Å². The summed E-state index contributed by atoms with van der Waals surface area (Å²) in [6, 6.07) is 4.70. The Morgan fingerprint density at radius 3 is 1.46 bits per heavy atom. The number of hydrogen-bond acceptors (Lipinski definition) is 2. The molecule has 2 aromatic heterocycles. The van der Waals surface area contributed by atoms with Crippen LogP contribution in [0.25, 0.3) is 9.75 Å². The van der Waals surface area contributed by atoms with Gasteiger partial charge in [-0.2, -0.15) is 0 Å². The lowest BCUT2D eigenvalue weighted by atomic mass is 10.0. The predicted octanol–water partition coefficient (Wildman–Crippen LogP) is 9.25. The first-order chi connectivity index (χ1) is 11.7. The van der Waals surface area contributed by atoms with Gasteiger partial charge in [0.1, 0.15) is 0 Å². The van der Waals surface area contributed by atoms with Gasteiger partial charge in [0, 0.05) is 9.75 Å². The Morgan fingerprint density at radius 1 is 0.667 bits per heavy atom. The summed E-state index contributed by atoms with van der Waals surface area (Å²) in [6.07, 6.45) is 13.1. The van der Waals surface area contributed by atoms with Crippen LogP contribution in [0, 0.1) is 0 Å². The molecule has 0 amide bonds. The van der Waals surface area contributed by atoms with E-state index in [0.717, 1.165) is 0 Å². The van der Waals surface area contributed by atoms with Crippen molar-refractivity contribution in [3.63, 3.8) is 0 Å². The number of thiophene rings is 2. The Hall–Kier alpha value is 0.360. The topological polar surface area (TPSA) is 0 Å². The quantitative estimate of drug-likeness (QED) is 0.274. The van der Waals surface area contributed by atoms with Gasteiger partial charge in [-0.25, -0.2) is 0 Å². The molecule has 134 valence electrons. The zero-order valence-electron chi connectivity index (χ0n) is 14.8. The van der Waals surface area contributed by atoms with Crippen molar-refractivity contribution in [1.82, 2.24) is 0 Å². The Bertz CT molecular complexity index is 559. The molecule has 0 aliphatic heterocycles. The van der Waals surface area contributed by atoms with Crippen LogP contribution in [0.1, 0.15) is 76.3 Å². The van der Waals surface area contributed by atoms with Crippen LogP contribution < -0.4 is 0 Å². The van der Waals surface area contributed by atoms with E-state index in [1.54, 1.807) is 0 Å². The zero-order chi connectivity index (χ0) is 17.4. The molecule has 24 heavy (non-hydrogen) atoms. The third-order valence-electron chi connectivity index (χ3n) is 4.36. The van der Waals surface area contributed by atoms with Crippen molar-refractivity contribution in [1.29, 1.82) is 0 Å². The average Bonchev–Trinajstić information content (AvgIpc) is 3.10. The molecule has 0 saturated heterocycles. The minimum Gasteiger partial charge on any atom is -0.127 e. The van der Waals surface area contributed by atoms with Crippen molar-refractivity contribution in [3.8, 4) is 9.75 Å². The van der Waals surface area contributed by atoms with Crippen LogP contribution in [0.15, 0.2) is 19.7 Å². The first-order valence-corrected chi connectivity index (χ1v) is 12.4. The fourth-order valence-electron chi connectivity index (χ4n) is 3.03. The van der Waals surface area contributed by atoms with Gasteiger partial charge in [0.05, 0.1) is 7.57 Å². The second kappa shape index (κ2) is 11.2. The molecule has 0 radical (unpaired) electrons. The smallest absolute Gasteiger partial charge is 0.0708 e. The molecule has 2 aromatic rings. The molecule has 0 nitrogen and oxygen atoms in total. The summed E-state index contributed by atoms with van der Waals surface area (Å²) < 4.78 is 2.54. The van der Waals surface area contributed by atoms with Crippen molar-refractivity contribution in [2.24, 2.45) is 0 Å². The Kier molecular flexibility index (Phi) is 9.61. The molecule has 0 bridgehead atoms. The van der Waals surface area contributed by atoms with Gasteiger partial charge < -0.3 is 0 Å². The molecule has 2 heterocycles. The molecule has 0 aromatic carbocycles. The summed E-state index contributed by atoms with van der Waals surface area (Å²) in [7, 11) is 0. The van der Waals surface area contributed by atoms with Crippen LogP contribution in [0.2, 0.25) is 0 Å². The molecule has 0 N–H and O–H groups in total. The lowest BCUT2D eigenvalue weighted by Gasteiger charge is -2.06. The number of halogens is 2. The Balaban J connectivity index is 2.12. The van der Waals surface area contributed by atoms with Gasteiger partial charge in [-0.15, -0.1) is 22.7 Å². The molecular weight excluding hydrogens is 464 g/mol. The van der Waals surface area contributed by atoms with Crippen molar-refractivity contribution in [3.05, 3.63) is 30.8 Å². The zero-order valence-corrected chi connectivity index (χ0v) is 19.6. The van der Waals surface area contributed by atoms with Crippen molar-refractivity contribution in [2.75, 3.05) is 0 Å². The highest BCUT2D eigenvalue weighted by Gasteiger charge is 2.16. The fourth-order valence-corrected chi connectivity index (χ4v) is 6.63. The van der Waals surface area contributed by atoms with Gasteiger partial charge in [-0.3, -0.25) is 0 Å². The van der Waals surface area contributed by atoms with Gasteiger partial charge in [0.15, 0.2) is 0 Å². The maximum atomic E-state index is 3.72. The van der Waals surface area contributed by atoms with Crippen LogP contribution in [0.5, 0.6) is 0 Å². The van der Waals surface area contributed by atoms with Crippen LogP contribution >= 0.6 is 54.5 Å². The Labute approximate surface area is 172 Å². The van der Waals surface area contributed by atoms with Crippen LogP contribution in [0.4, 0.5) is 0 Å². The Morgan fingerprint density at radius 2 is 1.08 bits per heavy atom. The highest BCUT2D eigenvalue weighted by Crippen LogP contribution is 2.44. The van der Waals surface area contributed by atoms with Gasteiger partial charge in [0.2, 0.25) is 0 Å². The highest BCUT2D eigenvalue weighted by atomic mass is 79.9. The molecular formula is C20H28Br2S2. The van der Waals surface area contributed by atoms with Crippen LogP contribution in [-0.4, -0.2) is 0 Å². The molecule has 0 aliphatic rings. The van der Waals surface area contributed by atoms with Gasteiger partial charge in [0.25, 0.3) is 0 Å². The summed E-state index contributed by atoms with van der Waals surface area (Å²) in [5.74, 6) is 0. The van der Waals surface area contributed by atoms with Crippen molar-refractivity contribution >= 4 is 54.5 Å². The molecule has 0 spiro atoms. The molecule has 0 aliphatic carbocycles. The molecule has 4 heteroatoms. The maximum Gasteiger partial charge on any atom is 0.0708 e. The van der Waals surface area contributed by atoms with Crippen molar-refractivity contribution < 1.29 is 0 Å². The number of aryl methyl sites for hydroxylation is 2. The normalized spacial score (nSPS) is 11.3. The molecule has 0 atom stereocenters. The first-order valence-electron chi connectivity index (χ1n) is 9.22. The average molecular weight is 492 g/mol. The lowest BCUT2D eigenvalue weighted by Crippen LogP contribution is -1.89. The van der Waals surface area contributed by atoms with E-state index in [4.69, 9.17) is 0 Å². The third-order valence-corrected chi connectivity index (χ3v) is 7.89. The van der Waals surface area contributed by atoms with Crippen LogP contribution in [0.3, 0.4) is 0 Å². The molecule has 2 rings (SSSR count). The second-order valence-corrected chi connectivity index (χ2v) is 11.3. The van der Waals surface area contributed by atoms with E-state index in [1.165, 1.54) is 92.7 Å². The maximum absolute atomic E-state index is 3.72. The van der Waals surface area contributed by atoms with E-state index in [-0.39, 0.29) is 0 Å². The van der Waals surface area contributed by atoms with Crippen molar-refractivity contribution in [2.45, 2.75) is 78.1 Å². The van der Waals surface area contributed by atoms with Crippen LogP contribution in [-0.2, 0) is 12.8 Å². The third kappa shape index (κ3) is 6.26. The standard InChI is InChI=1S/C20H28Br2S2/c1-3-5-7-9-11-15-13-17(21)23-19(15)20-16(14-18(22)24-20)12-10-8-6-4-2/h13-14H,3-12H2,1-2H3. The van der Waals surface area contributed by atoms with E-state index in [1.807, 2.05) is 22.7 Å². The minimum atomic E-state index is 1.21. The lowest BCUT2D eigenvalue weighted by molar-refractivity contribution is 0.666. The summed E-state index contributed by atoms with van der Waals surface area (Å²) in [5, 5.41) is 0. The number of hydrogen-bond donors (Lipinski definition) is 0. The number of unbranched alkanes of at least 4 members (excludes halogenated alkanes) is 6. The summed E-state index contributed by atoms with van der Waals surface area (Å²) in [6.45, 7) is 4.56. The predicted molar refractivity (Wildman–Crippen MR) is 119 cm³/mol. The monoisotopic (exact) mass is 490 g/mol. The van der Waals surface area contributed by atoms with Gasteiger partial charge in [-0.1, -0.05) is 52.4 Å².